The minimum Gasteiger partial charge on any atom is -0.318 e. The van der Waals surface area contributed by atoms with Gasteiger partial charge in [0.1, 0.15) is 0 Å². The molecule has 1 aromatic carbocycles. The number of aromatic nitrogens is 1. The molecule has 1 N–H and O–H groups in total. The van der Waals surface area contributed by atoms with Gasteiger partial charge in [0.25, 0.3) is 0 Å². The molecule has 1 fully saturated rings. The van der Waals surface area contributed by atoms with Crippen LogP contribution < -0.4 is 5.32 Å². The van der Waals surface area contributed by atoms with Crippen LogP contribution >= 0.6 is 0 Å². The predicted molar refractivity (Wildman–Crippen MR) is 82.6 cm³/mol. The third kappa shape index (κ3) is 2.54. The maximum atomic E-state index is 13.0. The first-order valence-corrected chi connectivity index (χ1v) is 8.58. The third-order valence-corrected chi connectivity index (χ3v) is 6.00. The second-order valence-corrected chi connectivity index (χ2v) is 7.18. The van der Waals surface area contributed by atoms with Crippen molar-refractivity contribution in [1.82, 2.24) is 14.6 Å². The van der Waals surface area contributed by atoms with Crippen molar-refractivity contribution in [1.29, 1.82) is 0 Å². The van der Waals surface area contributed by atoms with Gasteiger partial charge in [0.2, 0.25) is 10.0 Å². The average molecular weight is 305 g/mol. The van der Waals surface area contributed by atoms with Crippen molar-refractivity contribution in [3.8, 4) is 0 Å². The van der Waals surface area contributed by atoms with Gasteiger partial charge in [0.15, 0.2) is 0 Å². The summed E-state index contributed by atoms with van der Waals surface area (Å²) in [5.41, 5.74) is 0. The van der Waals surface area contributed by atoms with Crippen molar-refractivity contribution in [2.75, 3.05) is 20.1 Å². The maximum absolute atomic E-state index is 13.0. The summed E-state index contributed by atoms with van der Waals surface area (Å²) in [5, 5.41) is 4.67. The van der Waals surface area contributed by atoms with Crippen molar-refractivity contribution in [3.63, 3.8) is 0 Å². The highest BCUT2D eigenvalue weighted by atomic mass is 32.2. The third-order valence-electron chi connectivity index (χ3n) is 3.99. The monoisotopic (exact) mass is 305 g/mol. The van der Waals surface area contributed by atoms with E-state index < -0.39 is 10.0 Å². The first-order chi connectivity index (χ1) is 10.1. The maximum Gasteiger partial charge on any atom is 0.243 e. The van der Waals surface area contributed by atoms with Crippen LogP contribution in [0.3, 0.4) is 0 Å². The fraction of sp³-hybridized carbons (Fsp3) is 0.400. The Labute approximate surface area is 125 Å². The van der Waals surface area contributed by atoms with Crippen LogP contribution in [0.2, 0.25) is 0 Å². The molecule has 5 nitrogen and oxygen atoms in total. The largest absolute Gasteiger partial charge is 0.318 e. The van der Waals surface area contributed by atoms with Crippen LogP contribution in [0.1, 0.15) is 12.8 Å². The Morgan fingerprint density at radius 1 is 1.38 bits per heavy atom. The van der Waals surface area contributed by atoms with Crippen molar-refractivity contribution in [2.24, 2.45) is 0 Å². The number of fused-ring (bicyclic) bond motifs is 1. The number of likely N-dealkylation sites (N-methyl/N-ethyl adjacent to an activating group) is 1. The first-order valence-electron chi connectivity index (χ1n) is 7.14. The molecule has 1 aliphatic rings. The van der Waals surface area contributed by atoms with Crippen molar-refractivity contribution >= 4 is 20.8 Å². The van der Waals surface area contributed by atoms with Crippen molar-refractivity contribution in [2.45, 2.75) is 23.8 Å². The topological polar surface area (TPSA) is 62.3 Å². The van der Waals surface area contributed by atoms with Gasteiger partial charge in [-0.25, -0.2) is 8.42 Å². The van der Waals surface area contributed by atoms with Gasteiger partial charge in [-0.2, -0.15) is 4.31 Å². The van der Waals surface area contributed by atoms with Gasteiger partial charge >= 0.3 is 0 Å². The Hall–Kier alpha value is -1.50. The van der Waals surface area contributed by atoms with Crippen LogP contribution in [0.15, 0.2) is 41.6 Å². The van der Waals surface area contributed by atoms with E-state index in [0.717, 1.165) is 23.6 Å². The highest BCUT2D eigenvalue weighted by Crippen LogP contribution is 2.30. The molecule has 1 atom stereocenters. The summed E-state index contributed by atoms with van der Waals surface area (Å²) in [4.78, 5) is 4.44. The SMILES string of the molecule is CNCC1CCCN1S(=O)(=O)c1cccc2cnccc12. The fourth-order valence-corrected chi connectivity index (χ4v) is 4.92. The Morgan fingerprint density at radius 2 is 2.24 bits per heavy atom. The zero-order valence-electron chi connectivity index (χ0n) is 12.0. The van der Waals surface area contributed by atoms with Gasteiger partial charge in [-0.05, 0) is 32.0 Å². The molecule has 0 saturated carbocycles. The summed E-state index contributed by atoms with van der Waals surface area (Å²) in [6, 6.07) is 7.16. The lowest BCUT2D eigenvalue weighted by Gasteiger charge is -2.24. The number of hydrogen-bond donors (Lipinski definition) is 1. The molecule has 1 aliphatic heterocycles. The molecule has 1 aromatic heterocycles. The standard InChI is InChI=1S/C15H19N3O2S/c1-16-11-13-5-3-9-18(13)21(19,20)15-6-2-4-12-10-17-8-7-14(12)15/h2,4,6-8,10,13,16H,3,5,9,11H2,1H3. The van der Waals surface area contributed by atoms with E-state index in [1.54, 1.807) is 34.9 Å². The van der Waals surface area contributed by atoms with Crippen LogP contribution in [-0.4, -0.2) is 43.9 Å². The molecule has 0 bridgehead atoms. The molecule has 1 saturated heterocycles. The van der Waals surface area contributed by atoms with Crippen LogP contribution in [-0.2, 0) is 10.0 Å². The highest BCUT2D eigenvalue weighted by molar-refractivity contribution is 7.89. The molecule has 21 heavy (non-hydrogen) atoms. The van der Waals surface area contributed by atoms with Gasteiger partial charge in [0, 0.05) is 42.3 Å². The predicted octanol–water partition coefficient (Wildman–Crippen LogP) is 1.61. The van der Waals surface area contributed by atoms with Crippen LogP contribution in [0.5, 0.6) is 0 Å². The lowest BCUT2D eigenvalue weighted by molar-refractivity contribution is 0.379. The van der Waals surface area contributed by atoms with Gasteiger partial charge in [0.05, 0.1) is 4.90 Å². The van der Waals surface area contributed by atoms with E-state index >= 15 is 0 Å². The Morgan fingerprint density at radius 3 is 3.05 bits per heavy atom. The Balaban J connectivity index is 2.08. The zero-order chi connectivity index (χ0) is 14.9. The average Bonchev–Trinajstić information content (AvgIpc) is 2.96. The number of hydrogen-bond acceptors (Lipinski definition) is 4. The fourth-order valence-electron chi connectivity index (χ4n) is 3.01. The molecule has 0 radical (unpaired) electrons. The van der Waals surface area contributed by atoms with E-state index in [2.05, 4.69) is 10.3 Å². The van der Waals surface area contributed by atoms with E-state index in [9.17, 15) is 8.42 Å². The summed E-state index contributed by atoms with van der Waals surface area (Å²) in [6.45, 7) is 1.28. The summed E-state index contributed by atoms with van der Waals surface area (Å²) in [6.07, 6.45) is 5.16. The second-order valence-electron chi connectivity index (χ2n) is 5.32. The molecule has 0 spiro atoms. The van der Waals surface area contributed by atoms with E-state index in [0.29, 0.717) is 18.0 Å². The second kappa shape index (κ2) is 5.71. The molecular weight excluding hydrogens is 286 g/mol. The minimum absolute atomic E-state index is 0.0390. The summed E-state index contributed by atoms with van der Waals surface area (Å²) in [5.74, 6) is 0. The molecule has 3 rings (SSSR count). The molecule has 0 amide bonds. The zero-order valence-corrected chi connectivity index (χ0v) is 12.8. The van der Waals surface area contributed by atoms with Crippen LogP contribution in [0.4, 0.5) is 0 Å². The lowest BCUT2D eigenvalue weighted by atomic mass is 10.2. The molecule has 0 aliphatic carbocycles. The van der Waals surface area contributed by atoms with Gasteiger partial charge in [-0.3, -0.25) is 4.98 Å². The minimum atomic E-state index is -3.47. The molecule has 1 unspecified atom stereocenters. The van der Waals surface area contributed by atoms with E-state index in [-0.39, 0.29) is 6.04 Å². The number of nitrogens with one attached hydrogen (secondary N) is 1. The van der Waals surface area contributed by atoms with Gasteiger partial charge in [-0.15, -0.1) is 0 Å². The van der Waals surface area contributed by atoms with Gasteiger partial charge in [-0.1, -0.05) is 12.1 Å². The lowest BCUT2D eigenvalue weighted by Crippen LogP contribution is -2.40. The highest BCUT2D eigenvalue weighted by Gasteiger charge is 2.35. The number of pyridine rings is 1. The first kappa shape index (κ1) is 14.4. The number of rotatable bonds is 4. The summed E-state index contributed by atoms with van der Waals surface area (Å²) in [7, 11) is -1.62. The number of nitrogens with zero attached hydrogens (tertiary/aromatic N) is 2. The summed E-state index contributed by atoms with van der Waals surface area (Å²) >= 11 is 0. The molecular formula is C15H19N3O2S. The number of sulfonamides is 1. The molecule has 6 heteroatoms. The Kier molecular flexibility index (Phi) is 3.93. The Bertz CT molecular complexity index is 740. The molecule has 2 aromatic rings. The van der Waals surface area contributed by atoms with Crippen molar-refractivity contribution < 1.29 is 8.42 Å². The van der Waals surface area contributed by atoms with Crippen LogP contribution in [0.25, 0.3) is 10.8 Å². The molecule has 112 valence electrons. The van der Waals surface area contributed by atoms with Crippen LogP contribution in [0, 0.1) is 0 Å². The molecule has 2 heterocycles. The van der Waals surface area contributed by atoms with E-state index in [1.165, 1.54) is 0 Å². The normalized spacial score (nSPS) is 20.1. The number of benzene rings is 1. The smallest absolute Gasteiger partial charge is 0.243 e. The van der Waals surface area contributed by atoms with Crippen molar-refractivity contribution in [3.05, 3.63) is 36.7 Å². The summed E-state index contributed by atoms with van der Waals surface area (Å²) < 4.78 is 27.7. The van der Waals surface area contributed by atoms with E-state index in [1.807, 2.05) is 13.1 Å². The quantitative estimate of drug-likeness (QED) is 0.932. The van der Waals surface area contributed by atoms with Gasteiger partial charge < -0.3 is 5.32 Å². The van der Waals surface area contributed by atoms with E-state index in [4.69, 9.17) is 0 Å².